The minimum Gasteiger partial charge on any atom is -0.375 e. The van der Waals surface area contributed by atoms with Crippen molar-refractivity contribution in [2.45, 2.75) is 52.2 Å². The summed E-state index contributed by atoms with van der Waals surface area (Å²) >= 11 is 0. The molecular formula is C16H25NO. The Morgan fingerprint density at radius 1 is 1.39 bits per heavy atom. The molecule has 18 heavy (non-hydrogen) atoms. The summed E-state index contributed by atoms with van der Waals surface area (Å²) in [6.07, 6.45) is 2.41. The number of ether oxygens (including phenoxy) is 1. The van der Waals surface area contributed by atoms with Crippen LogP contribution in [-0.4, -0.2) is 18.8 Å². The summed E-state index contributed by atoms with van der Waals surface area (Å²) < 4.78 is 5.74. The van der Waals surface area contributed by atoms with Crippen molar-refractivity contribution in [2.75, 3.05) is 13.2 Å². The van der Waals surface area contributed by atoms with Gasteiger partial charge in [-0.1, -0.05) is 23.8 Å². The highest BCUT2D eigenvalue weighted by Crippen LogP contribution is 2.32. The Labute approximate surface area is 111 Å². The summed E-state index contributed by atoms with van der Waals surface area (Å²) in [5.41, 5.74) is 4.27. The molecule has 100 valence electrons. The fraction of sp³-hybridized carbons (Fsp3) is 0.625. The van der Waals surface area contributed by atoms with Crippen LogP contribution in [0.2, 0.25) is 0 Å². The lowest BCUT2D eigenvalue weighted by molar-refractivity contribution is -0.0106. The van der Waals surface area contributed by atoms with Crippen molar-refractivity contribution in [3.05, 3.63) is 34.9 Å². The number of nitrogens with one attached hydrogen (secondary N) is 1. The van der Waals surface area contributed by atoms with Crippen LogP contribution in [0.4, 0.5) is 0 Å². The molecule has 1 atom stereocenters. The Kier molecular flexibility index (Phi) is 4.08. The lowest BCUT2D eigenvalue weighted by atomic mass is 10.0. The van der Waals surface area contributed by atoms with Gasteiger partial charge < -0.3 is 10.1 Å². The molecule has 1 unspecified atom stereocenters. The molecule has 1 aromatic rings. The van der Waals surface area contributed by atoms with Crippen molar-refractivity contribution >= 4 is 0 Å². The standard InChI is InChI=1S/C16H25NO/c1-5-18-16(3,4)11-17-15-9-8-13-7-6-12(2)10-14(13)15/h6-7,10,15,17H,5,8-9,11H2,1-4H3. The molecule has 2 rings (SSSR count). The molecule has 0 amide bonds. The van der Waals surface area contributed by atoms with Crippen LogP contribution in [0.3, 0.4) is 0 Å². The molecule has 1 aliphatic carbocycles. The number of aryl methyl sites for hydroxylation is 2. The summed E-state index contributed by atoms with van der Waals surface area (Å²) in [5.74, 6) is 0. The Hall–Kier alpha value is -0.860. The lowest BCUT2D eigenvalue weighted by Gasteiger charge is -2.27. The smallest absolute Gasteiger partial charge is 0.0750 e. The number of benzene rings is 1. The van der Waals surface area contributed by atoms with Crippen molar-refractivity contribution in [2.24, 2.45) is 0 Å². The molecule has 0 spiro atoms. The highest BCUT2D eigenvalue weighted by atomic mass is 16.5. The molecule has 0 fully saturated rings. The minimum absolute atomic E-state index is 0.0820. The van der Waals surface area contributed by atoms with E-state index in [9.17, 15) is 0 Å². The van der Waals surface area contributed by atoms with E-state index in [1.54, 1.807) is 0 Å². The average molecular weight is 247 g/mol. The maximum atomic E-state index is 5.74. The van der Waals surface area contributed by atoms with Gasteiger partial charge in [-0.3, -0.25) is 0 Å². The maximum Gasteiger partial charge on any atom is 0.0750 e. The molecule has 0 saturated carbocycles. The van der Waals surface area contributed by atoms with Gasteiger partial charge in [0.15, 0.2) is 0 Å². The molecule has 1 N–H and O–H groups in total. The third-order valence-corrected chi connectivity index (χ3v) is 3.69. The molecule has 2 heteroatoms. The van der Waals surface area contributed by atoms with Gasteiger partial charge in [0, 0.05) is 19.2 Å². The Bertz CT molecular complexity index is 412. The Morgan fingerprint density at radius 2 is 2.17 bits per heavy atom. The van der Waals surface area contributed by atoms with Gasteiger partial charge in [-0.05, 0) is 51.7 Å². The minimum atomic E-state index is -0.0820. The topological polar surface area (TPSA) is 21.3 Å². The molecule has 0 bridgehead atoms. The predicted molar refractivity (Wildman–Crippen MR) is 75.9 cm³/mol. The van der Waals surface area contributed by atoms with Gasteiger partial charge in [0.2, 0.25) is 0 Å². The van der Waals surface area contributed by atoms with Crippen molar-refractivity contribution in [1.29, 1.82) is 0 Å². The third-order valence-electron chi connectivity index (χ3n) is 3.69. The van der Waals surface area contributed by atoms with E-state index in [1.807, 2.05) is 0 Å². The molecule has 0 aromatic heterocycles. The fourth-order valence-corrected chi connectivity index (χ4v) is 2.74. The van der Waals surface area contributed by atoms with Gasteiger partial charge in [0.1, 0.15) is 0 Å². The van der Waals surface area contributed by atoms with Crippen LogP contribution >= 0.6 is 0 Å². The van der Waals surface area contributed by atoms with Gasteiger partial charge in [0.25, 0.3) is 0 Å². The highest BCUT2D eigenvalue weighted by Gasteiger charge is 2.25. The van der Waals surface area contributed by atoms with Crippen LogP contribution in [0.5, 0.6) is 0 Å². The second-order valence-corrected chi connectivity index (χ2v) is 5.87. The first-order valence-corrected chi connectivity index (χ1v) is 6.98. The second-order valence-electron chi connectivity index (χ2n) is 5.87. The third kappa shape index (κ3) is 3.12. The largest absolute Gasteiger partial charge is 0.375 e. The highest BCUT2D eigenvalue weighted by molar-refractivity contribution is 5.37. The van der Waals surface area contributed by atoms with Gasteiger partial charge in [-0.25, -0.2) is 0 Å². The Morgan fingerprint density at radius 3 is 2.89 bits per heavy atom. The molecule has 2 nitrogen and oxygen atoms in total. The SMILES string of the molecule is CCOC(C)(C)CNC1CCc2ccc(C)cc21. The number of hydrogen-bond acceptors (Lipinski definition) is 2. The van der Waals surface area contributed by atoms with E-state index in [0.29, 0.717) is 6.04 Å². The molecule has 1 aliphatic rings. The van der Waals surface area contributed by atoms with E-state index < -0.39 is 0 Å². The molecule has 0 saturated heterocycles. The second kappa shape index (κ2) is 5.41. The van der Waals surface area contributed by atoms with Crippen molar-refractivity contribution in [3.63, 3.8) is 0 Å². The van der Waals surface area contributed by atoms with Crippen LogP contribution in [0, 0.1) is 6.92 Å². The van der Waals surface area contributed by atoms with E-state index in [-0.39, 0.29) is 5.60 Å². The molecule has 0 radical (unpaired) electrons. The molecule has 1 aromatic carbocycles. The van der Waals surface area contributed by atoms with E-state index >= 15 is 0 Å². The number of fused-ring (bicyclic) bond motifs is 1. The fourth-order valence-electron chi connectivity index (χ4n) is 2.74. The number of hydrogen-bond donors (Lipinski definition) is 1. The zero-order valence-corrected chi connectivity index (χ0v) is 12.0. The summed E-state index contributed by atoms with van der Waals surface area (Å²) in [6.45, 7) is 10.2. The van der Waals surface area contributed by atoms with Crippen LogP contribution < -0.4 is 5.32 Å². The van der Waals surface area contributed by atoms with E-state index in [1.165, 1.54) is 29.5 Å². The zero-order valence-electron chi connectivity index (χ0n) is 12.0. The average Bonchev–Trinajstić information content (AvgIpc) is 2.69. The first kappa shape index (κ1) is 13.6. The summed E-state index contributed by atoms with van der Waals surface area (Å²) in [7, 11) is 0. The van der Waals surface area contributed by atoms with Crippen molar-refractivity contribution in [1.82, 2.24) is 5.32 Å². The van der Waals surface area contributed by atoms with E-state index in [4.69, 9.17) is 4.74 Å². The Balaban J connectivity index is 1.99. The first-order valence-electron chi connectivity index (χ1n) is 6.98. The zero-order chi connectivity index (χ0) is 13.2. The molecule has 0 aliphatic heterocycles. The van der Waals surface area contributed by atoms with E-state index in [2.05, 4.69) is 51.2 Å². The number of rotatable bonds is 5. The molecular weight excluding hydrogens is 222 g/mol. The van der Waals surface area contributed by atoms with Gasteiger partial charge in [0.05, 0.1) is 5.60 Å². The monoisotopic (exact) mass is 247 g/mol. The van der Waals surface area contributed by atoms with Crippen molar-refractivity contribution < 1.29 is 4.74 Å². The molecule has 0 heterocycles. The van der Waals surface area contributed by atoms with Gasteiger partial charge in [-0.15, -0.1) is 0 Å². The normalized spacial score (nSPS) is 19.0. The first-order chi connectivity index (χ1) is 8.52. The lowest BCUT2D eigenvalue weighted by Crippen LogP contribution is -2.39. The van der Waals surface area contributed by atoms with Crippen molar-refractivity contribution in [3.8, 4) is 0 Å². The van der Waals surface area contributed by atoms with Crippen LogP contribution in [0.1, 0.15) is 49.9 Å². The van der Waals surface area contributed by atoms with Crippen LogP contribution in [-0.2, 0) is 11.2 Å². The van der Waals surface area contributed by atoms with Crippen LogP contribution in [0.15, 0.2) is 18.2 Å². The maximum absolute atomic E-state index is 5.74. The predicted octanol–water partition coefficient (Wildman–Crippen LogP) is 3.39. The summed E-state index contributed by atoms with van der Waals surface area (Å²) in [6, 6.07) is 7.32. The van der Waals surface area contributed by atoms with Crippen LogP contribution in [0.25, 0.3) is 0 Å². The summed E-state index contributed by atoms with van der Waals surface area (Å²) in [4.78, 5) is 0. The van der Waals surface area contributed by atoms with Gasteiger partial charge in [-0.2, -0.15) is 0 Å². The van der Waals surface area contributed by atoms with E-state index in [0.717, 1.165) is 13.2 Å². The summed E-state index contributed by atoms with van der Waals surface area (Å²) in [5, 5.41) is 3.67. The quantitative estimate of drug-likeness (QED) is 0.861. The van der Waals surface area contributed by atoms with Gasteiger partial charge >= 0.3 is 0 Å².